The molecule has 0 aliphatic heterocycles. The number of nitrogens with zero attached hydrogens (tertiary/aromatic N) is 4. The van der Waals surface area contributed by atoms with Crippen LogP contribution in [-0.4, -0.2) is 19.9 Å². The van der Waals surface area contributed by atoms with Crippen molar-refractivity contribution in [2.24, 2.45) is 0 Å². The molecule has 0 aliphatic rings. The number of aromatic nitrogens is 4. The van der Waals surface area contributed by atoms with Crippen LogP contribution in [0.5, 0.6) is 0 Å². The van der Waals surface area contributed by atoms with Crippen molar-refractivity contribution < 1.29 is 8.91 Å². The average molecular weight is 272 g/mol. The summed E-state index contributed by atoms with van der Waals surface area (Å²) in [6.07, 6.45) is 3.82. The minimum absolute atomic E-state index is 0.146. The molecule has 6 heteroatoms. The minimum Gasteiger partial charge on any atom is -0.337 e. The van der Waals surface area contributed by atoms with E-state index in [2.05, 4.69) is 15.2 Å². The van der Waals surface area contributed by atoms with Crippen molar-refractivity contribution in [3.8, 4) is 0 Å². The molecule has 5 nitrogen and oxygen atoms in total. The first-order valence-corrected chi connectivity index (χ1v) is 6.29. The van der Waals surface area contributed by atoms with Gasteiger partial charge in [0.15, 0.2) is 5.82 Å². The van der Waals surface area contributed by atoms with E-state index in [4.69, 9.17) is 4.52 Å². The van der Waals surface area contributed by atoms with Crippen molar-refractivity contribution in [3.05, 3.63) is 65.8 Å². The second kappa shape index (κ2) is 5.24. The van der Waals surface area contributed by atoms with Crippen LogP contribution in [0.25, 0.3) is 0 Å². The minimum atomic E-state index is -0.265. The molecule has 0 amide bonds. The van der Waals surface area contributed by atoms with E-state index in [-0.39, 0.29) is 11.9 Å². The van der Waals surface area contributed by atoms with Gasteiger partial charge in [-0.05, 0) is 24.6 Å². The van der Waals surface area contributed by atoms with Crippen LogP contribution >= 0.6 is 0 Å². The lowest BCUT2D eigenvalue weighted by molar-refractivity contribution is 0.333. The van der Waals surface area contributed by atoms with E-state index in [1.165, 1.54) is 6.07 Å². The summed E-state index contributed by atoms with van der Waals surface area (Å²) in [6, 6.07) is 8.25. The molecule has 0 bridgehead atoms. The number of hydrogen-bond donors (Lipinski definition) is 0. The van der Waals surface area contributed by atoms with Crippen LogP contribution < -0.4 is 0 Å². The Morgan fingerprint density at radius 1 is 1.30 bits per heavy atom. The zero-order valence-electron chi connectivity index (χ0n) is 10.9. The molecule has 102 valence electrons. The van der Waals surface area contributed by atoms with Gasteiger partial charge in [-0.3, -0.25) is 4.68 Å². The van der Waals surface area contributed by atoms with Crippen LogP contribution in [0.15, 0.2) is 47.2 Å². The molecule has 3 aromatic rings. The summed E-state index contributed by atoms with van der Waals surface area (Å²) in [5.74, 6) is 0.656. The van der Waals surface area contributed by atoms with E-state index in [1.807, 2.05) is 19.2 Å². The van der Waals surface area contributed by atoms with Crippen molar-refractivity contribution in [2.45, 2.75) is 19.4 Å². The second-order valence-corrected chi connectivity index (χ2v) is 4.48. The predicted molar refractivity (Wildman–Crippen MR) is 69.5 cm³/mol. The maximum absolute atomic E-state index is 13.6. The predicted octanol–water partition coefficient (Wildman–Crippen LogP) is 2.61. The Bertz CT molecular complexity index is 693. The summed E-state index contributed by atoms with van der Waals surface area (Å²) in [4.78, 5) is 4.30. The molecular formula is C14H13FN4O. The highest BCUT2D eigenvalue weighted by molar-refractivity contribution is 5.20. The molecule has 0 N–H and O–H groups in total. The molecule has 0 saturated carbocycles. The molecule has 2 aromatic heterocycles. The first-order valence-electron chi connectivity index (χ1n) is 6.29. The zero-order chi connectivity index (χ0) is 13.9. The van der Waals surface area contributed by atoms with Gasteiger partial charge in [-0.2, -0.15) is 10.1 Å². The van der Waals surface area contributed by atoms with E-state index in [0.717, 1.165) is 0 Å². The van der Waals surface area contributed by atoms with Crippen LogP contribution in [0.3, 0.4) is 0 Å². The molecule has 0 saturated heterocycles. The lowest BCUT2D eigenvalue weighted by Crippen LogP contribution is -2.07. The average Bonchev–Trinajstić information content (AvgIpc) is 3.12. The SMILES string of the molecule is C[C@H](c1nc(Cc2ccccc2F)no1)n1cccn1. The van der Waals surface area contributed by atoms with E-state index in [1.54, 1.807) is 29.1 Å². The Hall–Kier alpha value is -2.50. The zero-order valence-corrected chi connectivity index (χ0v) is 10.9. The van der Waals surface area contributed by atoms with Gasteiger partial charge in [0.1, 0.15) is 11.9 Å². The van der Waals surface area contributed by atoms with Crippen LogP contribution in [-0.2, 0) is 6.42 Å². The molecule has 0 unspecified atom stereocenters. The summed E-state index contributed by atoms with van der Waals surface area (Å²) in [7, 11) is 0. The van der Waals surface area contributed by atoms with Gasteiger partial charge in [-0.15, -0.1) is 0 Å². The molecular weight excluding hydrogens is 259 g/mol. The van der Waals surface area contributed by atoms with Crippen molar-refractivity contribution >= 4 is 0 Å². The third-order valence-electron chi connectivity index (χ3n) is 3.07. The monoisotopic (exact) mass is 272 g/mol. The quantitative estimate of drug-likeness (QED) is 0.732. The molecule has 20 heavy (non-hydrogen) atoms. The third-order valence-corrected chi connectivity index (χ3v) is 3.07. The summed E-state index contributed by atoms with van der Waals surface area (Å²) in [6.45, 7) is 1.91. The largest absolute Gasteiger partial charge is 0.337 e. The van der Waals surface area contributed by atoms with Gasteiger partial charge < -0.3 is 4.52 Å². The van der Waals surface area contributed by atoms with Crippen LogP contribution in [0.2, 0.25) is 0 Å². The Kier molecular flexibility index (Phi) is 3.28. The number of halogens is 1. The molecule has 1 aromatic carbocycles. The standard InChI is InChI=1S/C14H13FN4O/c1-10(19-8-4-7-16-19)14-17-13(18-20-14)9-11-5-2-3-6-12(11)15/h2-8,10H,9H2,1H3/t10-/m1/s1. The molecule has 2 heterocycles. The van der Waals surface area contributed by atoms with Crippen molar-refractivity contribution in [1.29, 1.82) is 0 Å². The fourth-order valence-corrected chi connectivity index (χ4v) is 1.94. The maximum Gasteiger partial charge on any atom is 0.251 e. The fraction of sp³-hybridized carbons (Fsp3) is 0.214. The van der Waals surface area contributed by atoms with Gasteiger partial charge in [-0.25, -0.2) is 4.39 Å². The molecule has 0 spiro atoms. The lowest BCUT2D eigenvalue weighted by atomic mass is 10.1. The lowest BCUT2D eigenvalue weighted by Gasteiger charge is -2.05. The van der Waals surface area contributed by atoms with Crippen LogP contribution in [0.4, 0.5) is 4.39 Å². The fourth-order valence-electron chi connectivity index (χ4n) is 1.94. The Balaban J connectivity index is 1.79. The summed E-state index contributed by atoms with van der Waals surface area (Å²) in [5, 5.41) is 8.02. The highest BCUT2D eigenvalue weighted by Gasteiger charge is 2.16. The maximum atomic E-state index is 13.6. The Labute approximate surface area is 115 Å². The van der Waals surface area contributed by atoms with Gasteiger partial charge in [-0.1, -0.05) is 23.4 Å². The molecule has 0 aliphatic carbocycles. The molecule has 1 atom stereocenters. The van der Waals surface area contributed by atoms with Gasteiger partial charge in [0, 0.05) is 18.8 Å². The highest BCUT2D eigenvalue weighted by Crippen LogP contribution is 2.16. The molecule has 0 fully saturated rings. The van der Waals surface area contributed by atoms with Crippen molar-refractivity contribution in [3.63, 3.8) is 0 Å². The van der Waals surface area contributed by atoms with E-state index in [9.17, 15) is 4.39 Å². The summed E-state index contributed by atoms with van der Waals surface area (Å²) < 4.78 is 20.5. The van der Waals surface area contributed by atoms with E-state index < -0.39 is 0 Å². The first-order chi connectivity index (χ1) is 9.74. The number of hydrogen-bond acceptors (Lipinski definition) is 4. The topological polar surface area (TPSA) is 56.7 Å². The van der Waals surface area contributed by atoms with Crippen LogP contribution in [0.1, 0.15) is 30.2 Å². The van der Waals surface area contributed by atoms with Gasteiger partial charge in [0.05, 0.1) is 0 Å². The van der Waals surface area contributed by atoms with Gasteiger partial charge in [0.25, 0.3) is 5.89 Å². The van der Waals surface area contributed by atoms with Crippen molar-refractivity contribution in [1.82, 2.24) is 19.9 Å². The van der Waals surface area contributed by atoms with E-state index in [0.29, 0.717) is 23.7 Å². The normalized spacial score (nSPS) is 12.5. The van der Waals surface area contributed by atoms with Gasteiger partial charge >= 0.3 is 0 Å². The highest BCUT2D eigenvalue weighted by atomic mass is 19.1. The number of rotatable bonds is 4. The van der Waals surface area contributed by atoms with Gasteiger partial charge in [0.2, 0.25) is 0 Å². The summed E-state index contributed by atoms with van der Waals surface area (Å²) in [5.41, 5.74) is 0.548. The number of benzene rings is 1. The smallest absolute Gasteiger partial charge is 0.251 e. The van der Waals surface area contributed by atoms with Crippen molar-refractivity contribution in [2.75, 3.05) is 0 Å². The first kappa shape index (κ1) is 12.5. The Morgan fingerprint density at radius 2 is 2.15 bits per heavy atom. The third kappa shape index (κ3) is 2.45. The summed E-state index contributed by atoms with van der Waals surface area (Å²) >= 11 is 0. The molecule has 0 radical (unpaired) electrons. The van der Waals surface area contributed by atoms with E-state index >= 15 is 0 Å². The Morgan fingerprint density at radius 3 is 2.90 bits per heavy atom. The second-order valence-electron chi connectivity index (χ2n) is 4.48. The molecule has 3 rings (SSSR count). The van der Waals surface area contributed by atoms with Crippen LogP contribution in [0, 0.1) is 5.82 Å².